The van der Waals surface area contributed by atoms with Crippen LogP contribution in [-0.4, -0.2) is 28.0 Å². The Bertz CT molecular complexity index is 1760. The summed E-state index contributed by atoms with van der Waals surface area (Å²) in [7, 11) is 0. The highest BCUT2D eigenvalue weighted by Crippen LogP contribution is 2.45. The topological polar surface area (TPSA) is 61.3 Å². The van der Waals surface area contributed by atoms with Crippen molar-refractivity contribution in [2.75, 3.05) is 6.61 Å². The van der Waals surface area contributed by atoms with Gasteiger partial charge in [0.25, 0.3) is 0 Å². The van der Waals surface area contributed by atoms with Gasteiger partial charge in [0.2, 0.25) is 0 Å². The smallest absolute Gasteiger partial charge is 0.163 e. The van der Waals surface area contributed by atoms with Gasteiger partial charge >= 0.3 is 0 Å². The first-order valence-corrected chi connectivity index (χ1v) is 14.4. The van der Waals surface area contributed by atoms with Crippen molar-refractivity contribution in [1.29, 1.82) is 0 Å². The Labute approximate surface area is 241 Å². The first-order valence-electron chi connectivity index (χ1n) is 14.4. The third-order valence-electron chi connectivity index (χ3n) is 7.75. The maximum atomic E-state index is 13.2. The van der Waals surface area contributed by atoms with Crippen LogP contribution in [0.1, 0.15) is 61.7 Å². The number of rotatable bonds is 7. The fraction of sp³-hybridized carbons (Fsp3) is 0.306. The van der Waals surface area contributed by atoms with Gasteiger partial charge in [-0.1, -0.05) is 36.4 Å². The van der Waals surface area contributed by atoms with E-state index in [2.05, 4.69) is 61.5 Å². The Hall–Kier alpha value is -4.09. The fourth-order valence-electron chi connectivity index (χ4n) is 5.95. The van der Waals surface area contributed by atoms with Crippen LogP contribution in [0.4, 0.5) is 0 Å². The third-order valence-corrected chi connectivity index (χ3v) is 7.75. The zero-order valence-electron chi connectivity index (χ0n) is 24.5. The van der Waals surface area contributed by atoms with E-state index in [1.807, 2.05) is 39.1 Å². The van der Waals surface area contributed by atoms with Crippen molar-refractivity contribution in [3.05, 3.63) is 101 Å². The Kier molecular flexibility index (Phi) is 7.08. The summed E-state index contributed by atoms with van der Waals surface area (Å²) in [6.07, 6.45) is 3.76. The van der Waals surface area contributed by atoms with Gasteiger partial charge in [-0.15, -0.1) is 0 Å². The van der Waals surface area contributed by atoms with Gasteiger partial charge in [-0.05, 0) is 106 Å². The fourth-order valence-corrected chi connectivity index (χ4v) is 5.95. The Morgan fingerprint density at radius 1 is 1.02 bits per heavy atom. The summed E-state index contributed by atoms with van der Waals surface area (Å²) in [4.78, 5) is 23.2. The molecular formula is C36H36N2O3. The Balaban J connectivity index is 1.59. The van der Waals surface area contributed by atoms with Gasteiger partial charge in [0.15, 0.2) is 5.78 Å². The quantitative estimate of drug-likeness (QED) is 0.208. The van der Waals surface area contributed by atoms with Gasteiger partial charge < -0.3 is 9.47 Å². The average Bonchev–Trinajstić information content (AvgIpc) is 2.95. The lowest BCUT2D eigenvalue weighted by Gasteiger charge is -2.30. The molecule has 5 aromatic rings. The molecule has 0 saturated heterocycles. The number of carbonyl (C=O) groups excluding carboxylic acids is 1. The highest BCUT2D eigenvalue weighted by molar-refractivity contribution is 6.08. The molecule has 5 nitrogen and oxygen atoms in total. The molecule has 0 radical (unpaired) electrons. The van der Waals surface area contributed by atoms with Crippen molar-refractivity contribution in [1.82, 2.24) is 9.97 Å². The lowest BCUT2D eigenvalue weighted by atomic mass is 9.85. The second kappa shape index (κ2) is 10.7. The number of fused-ring (bicyclic) bond motifs is 1. The summed E-state index contributed by atoms with van der Waals surface area (Å²) < 4.78 is 12.5. The van der Waals surface area contributed by atoms with Crippen LogP contribution >= 0.6 is 0 Å². The SMILES string of the molecule is CC(=O)[C@@H](OC(C)(C)C)c1c(C)cc2nc(CCc3ccccc3)ccc2c1-c1ccc2c3c(ccnc13)CCO2. The number of pyridine rings is 2. The molecule has 3 aromatic carbocycles. The predicted molar refractivity (Wildman–Crippen MR) is 165 cm³/mol. The monoisotopic (exact) mass is 544 g/mol. The predicted octanol–water partition coefficient (Wildman–Crippen LogP) is 7.92. The molecule has 208 valence electrons. The van der Waals surface area contributed by atoms with Crippen LogP contribution < -0.4 is 4.74 Å². The van der Waals surface area contributed by atoms with Gasteiger partial charge in [0.1, 0.15) is 11.9 Å². The van der Waals surface area contributed by atoms with E-state index in [4.69, 9.17) is 19.4 Å². The van der Waals surface area contributed by atoms with E-state index in [0.717, 1.165) is 74.8 Å². The molecule has 1 atom stereocenters. The number of ether oxygens (including phenoxy) is 2. The molecule has 5 heteroatoms. The first kappa shape index (κ1) is 27.1. The zero-order chi connectivity index (χ0) is 28.7. The molecule has 0 saturated carbocycles. The van der Waals surface area contributed by atoms with Crippen LogP contribution in [0.2, 0.25) is 0 Å². The third kappa shape index (κ3) is 5.34. The van der Waals surface area contributed by atoms with Crippen LogP contribution in [-0.2, 0) is 28.8 Å². The molecule has 0 fully saturated rings. The summed E-state index contributed by atoms with van der Waals surface area (Å²) in [5.41, 5.74) is 8.59. The molecule has 0 N–H and O–H groups in total. The molecule has 41 heavy (non-hydrogen) atoms. The molecule has 2 aromatic heterocycles. The summed E-state index contributed by atoms with van der Waals surface area (Å²) in [6.45, 7) is 10.3. The maximum Gasteiger partial charge on any atom is 0.163 e. The average molecular weight is 545 g/mol. The number of ketones is 1. The van der Waals surface area contributed by atoms with E-state index in [1.165, 1.54) is 11.1 Å². The van der Waals surface area contributed by atoms with E-state index in [0.29, 0.717) is 6.61 Å². The van der Waals surface area contributed by atoms with E-state index < -0.39 is 11.7 Å². The van der Waals surface area contributed by atoms with Crippen molar-refractivity contribution in [2.45, 2.75) is 65.6 Å². The highest BCUT2D eigenvalue weighted by atomic mass is 16.5. The summed E-state index contributed by atoms with van der Waals surface area (Å²) in [6, 6.07) is 23.1. The molecule has 3 heterocycles. The molecule has 1 aliphatic heterocycles. The van der Waals surface area contributed by atoms with Gasteiger partial charge in [0, 0.05) is 34.6 Å². The van der Waals surface area contributed by atoms with E-state index >= 15 is 0 Å². The van der Waals surface area contributed by atoms with Crippen LogP contribution in [0.3, 0.4) is 0 Å². The molecule has 0 unspecified atom stereocenters. The maximum absolute atomic E-state index is 13.2. The first-order chi connectivity index (χ1) is 19.7. The second-order valence-electron chi connectivity index (χ2n) is 12.0. The van der Waals surface area contributed by atoms with Crippen molar-refractivity contribution >= 4 is 27.6 Å². The molecule has 0 aliphatic carbocycles. The lowest BCUT2D eigenvalue weighted by molar-refractivity contribution is -0.138. The van der Waals surface area contributed by atoms with Gasteiger partial charge in [-0.25, -0.2) is 0 Å². The number of hydrogen-bond donors (Lipinski definition) is 0. The molecular weight excluding hydrogens is 508 g/mol. The number of aromatic nitrogens is 2. The standard InChI is InChI=1S/C36H36N2O3/c1-22-21-29-27(14-13-26(38-29)12-11-24-9-7-6-8-10-24)33(31(22)35(23(2)39)41-36(3,4)5)28-15-16-30-32-25(18-20-40-30)17-19-37-34(28)32/h6-10,13-17,19,21,35H,11-12,18,20H2,1-5H3/t35-/m1/s1. The second-order valence-corrected chi connectivity index (χ2v) is 12.0. The minimum Gasteiger partial charge on any atom is -0.493 e. The summed E-state index contributed by atoms with van der Waals surface area (Å²) in [5.74, 6) is 0.821. The molecule has 0 spiro atoms. The number of hydrogen-bond acceptors (Lipinski definition) is 5. The molecule has 1 aliphatic rings. The van der Waals surface area contributed by atoms with Crippen molar-refractivity contribution < 1.29 is 14.3 Å². The number of aryl methyl sites for hydroxylation is 3. The van der Waals surface area contributed by atoms with Crippen LogP contribution in [0.5, 0.6) is 5.75 Å². The highest BCUT2D eigenvalue weighted by Gasteiger charge is 2.31. The van der Waals surface area contributed by atoms with Crippen molar-refractivity contribution in [3.8, 4) is 16.9 Å². The van der Waals surface area contributed by atoms with Crippen molar-refractivity contribution in [3.63, 3.8) is 0 Å². The summed E-state index contributed by atoms with van der Waals surface area (Å²) >= 11 is 0. The van der Waals surface area contributed by atoms with E-state index in [-0.39, 0.29) is 5.78 Å². The van der Waals surface area contributed by atoms with Crippen LogP contribution in [0, 0.1) is 6.92 Å². The molecule has 0 amide bonds. The van der Waals surface area contributed by atoms with E-state index in [9.17, 15) is 4.79 Å². The van der Waals surface area contributed by atoms with Crippen LogP contribution in [0.15, 0.2) is 72.9 Å². The van der Waals surface area contributed by atoms with Gasteiger partial charge in [-0.2, -0.15) is 0 Å². The molecule has 6 rings (SSSR count). The Morgan fingerprint density at radius 3 is 2.59 bits per heavy atom. The minimum atomic E-state index is -0.728. The largest absolute Gasteiger partial charge is 0.493 e. The van der Waals surface area contributed by atoms with Crippen molar-refractivity contribution in [2.24, 2.45) is 0 Å². The summed E-state index contributed by atoms with van der Waals surface area (Å²) in [5, 5.41) is 2.03. The van der Waals surface area contributed by atoms with E-state index in [1.54, 1.807) is 6.92 Å². The van der Waals surface area contributed by atoms with Gasteiger partial charge in [0.05, 0.1) is 23.2 Å². The number of carbonyl (C=O) groups is 1. The number of Topliss-reactive ketones (excluding diaryl/α,β-unsaturated/α-hetero) is 1. The van der Waals surface area contributed by atoms with Gasteiger partial charge in [-0.3, -0.25) is 14.8 Å². The lowest BCUT2D eigenvalue weighted by Crippen LogP contribution is -2.27. The zero-order valence-corrected chi connectivity index (χ0v) is 24.5. The van der Waals surface area contributed by atoms with Crippen LogP contribution in [0.25, 0.3) is 32.9 Å². The normalized spacial score (nSPS) is 13.8. The minimum absolute atomic E-state index is 0.0323. The Morgan fingerprint density at radius 2 is 1.83 bits per heavy atom. The molecule has 0 bridgehead atoms. The number of nitrogens with zero attached hydrogens (tertiary/aromatic N) is 2. The number of benzene rings is 3.